The number of rotatable bonds is 11. The van der Waals surface area contributed by atoms with Crippen molar-refractivity contribution in [2.75, 3.05) is 5.75 Å². The van der Waals surface area contributed by atoms with Crippen LogP contribution in [0.15, 0.2) is 194 Å². The highest BCUT2D eigenvalue weighted by Gasteiger charge is 2.21. The zero-order valence-electron chi connectivity index (χ0n) is 30.4. The molecule has 0 amide bonds. The number of nitrogens with zero attached hydrogens (tertiary/aromatic N) is 2. The molecule has 0 fully saturated rings. The van der Waals surface area contributed by atoms with Gasteiger partial charge in [-0.3, -0.25) is 0 Å². The molecule has 270 valence electrons. The van der Waals surface area contributed by atoms with Crippen molar-refractivity contribution in [3.8, 4) is 20.9 Å². The van der Waals surface area contributed by atoms with Crippen molar-refractivity contribution in [3.05, 3.63) is 202 Å². The maximum Gasteiger partial charge on any atom is 0.239 e. The van der Waals surface area contributed by atoms with Gasteiger partial charge in [-0.1, -0.05) is 175 Å². The van der Waals surface area contributed by atoms with Gasteiger partial charge in [0.25, 0.3) is 0 Å². The molecule has 2 nitrogen and oxygen atoms in total. The Morgan fingerprint density at radius 2 is 1.18 bits per heavy atom. The summed E-state index contributed by atoms with van der Waals surface area (Å²) in [4.78, 5) is 6.32. The molecule has 8 rings (SSSR count). The molecule has 4 aromatic carbocycles. The Bertz CT molecular complexity index is 2330. The van der Waals surface area contributed by atoms with Gasteiger partial charge in [-0.25, -0.2) is 0 Å². The minimum Gasteiger partial charge on any atom is -0.131 e. The van der Waals surface area contributed by atoms with E-state index in [2.05, 4.69) is 187 Å². The second-order valence-electron chi connectivity index (χ2n) is 13.0. The fraction of sp³-hybridized carbons (Fsp3) is 0.104. The van der Waals surface area contributed by atoms with Crippen LogP contribution in [0.1, 0.15) is 42.9 Å². The van der Waals surface area contributed by atoms with Crippen molar-refractivity contribution >= 4 is 73.8 Å². The van der Waals surface area contributed by atoms with Crippen LogP contribution in [0, 0.1) is 0 Å². The predicted molar refractivity (Wildman–Crippen MR) is 244 cm³/mol. The Balaban J connectivity index is 1.20. The second kappa shape index (κ2) is 18.4. The molecule has 0 unspecified atom stereocenters. The van der Waals surface area contributed by atoms with Crippen LogP contribution in [0.4, 0.5) is 0 Å². The summed E-state index contributed by atoms with van der Waals surface area (Å²) in [5.74, 6) is 0.984. The first-order chi connectivity index (χ1) is 27.2. The number of thioether (sulfide) groups is 3. The number of benzene rings is 4. The van der Waals surface area contributed by atoms with Gasteiger partial charge in [0.05, 0.1) is 0 Å². The van der Waals surface area contributed by atoms with Crippen LogP contribution >= 0.6 is 58.0 Å². The number of hydrogen-bond acceptors (Lipinski definition) is 6. The summed E-state index contributed by atoms with van der Waals surface area (Å²) in [5, 5.41) is 9.14. The van der Waals surface area contributed by atoms with Gasteiger partial charge in [-0.2, -0.15) is 0 Å². The van der Waals surface area contributed by atoms with Gasteiger partial charge in [-0.15, -0.1) is 10.2 Å². The van der Waals surface area contributed by atoms with Gasteiger partial charge >= 0.3 is 0 Å². The van der Waals surface area contributed by atoms with E-state index in [1.807, 2.05) is 23.1 Å². The monoisotopic (exact) mass is 803 g/mol. The first-order valence-corrected chi connectivity index (χ1v) is 22.7. The minimum absolute atomic E-state index is 0.984. The molecular formula is C48H39N2S5+. The maximum atomic E-state index is 4.63. The van der Waals surface area contributed by atoms with E-state index < -0.39 is 0 Å². The van der Waals surface area contributed by atoms with E-state index in [1.54, 1.807) is 34.9 Å². The minimum atomic E-state index is 0.984. The average Bonchev–Trinajstić information content (AvgIpc) is 3.70. The van der Waals surface area contributed by atoms with E-state index in [-0.39, 0.29) is 0 Å². The third-order valence-corrected chi connectivity index (χ3v) is 14.7. The molecule has 7 heteroatoms. The van der Waals surface area contributed by atoms with Gasteiger partial charge in [0.2, 0.25) is 21.1 Å². The van der Waals surface area contributed by atoms with E-state index in [1.165, 1.54) is 69.0 Å². The Morgan fingerprint density at radius 1 is 0.636 bits per heavy atom. The fourth-order valence-corrected chi connectivity index (χ4v) is 11.9. The molecule has 0 bridgehead atoms. The van der Waals surface area contributed by atoms with Crippen LogP contribution in [0.3, 0.4) is 0 Å². The molecule has 0 atom stereocenters. The summed E-state index contributed by atoms with van der Waals surface area (Å²) in [5.41, 5.74) is 10.0. The predicted octanol–water partition coefficient (Wildman–Crippen LogP) is 15.3. The van der Waals surface area contributed by atoms with Crippen molar-refractivity contribution in [2.45, 2.75) is 34.9 Å². The van der Waals surface area contributed by atoms with Gasteiger partial charge in [0.15, 0.2) is 8.68 Å². The topological polar surface area (TPSA) is 25.8 Å². The molecule has 3 heterocycles. The molecule has 0 spiro atoms. The molecular weight excluding hydrogens is 765 g/mol. The zero-order valence-corrected chi connectivity index (χ0v) is 34.5. The fourth-order valence-electron chi connectivity index (χ4n) is 6.47. The van der Waals surface area contributed by atoms with E-state index in [0.29, 0.717) is 0 Å². The molecule has 6 aromatic rings. The zero-order chi connectivity index (χ0) is 37.2. The maximum absolute atomic E-state index is 4.63. The standard InChI is InChI=1S/C48H39N2S5/c1-2-51-47-49-50-48(55-47)54-46-40(28-26-34-30-42(36-16-7-3-8-17-36)52-43(31-34)37-18-9-4-10-19-37)24-15-25-41(46)29-27-35-32-44(38-20-11-5-12-21-38)53-45(33-35)39-22-13-6-14-23-39/h3-14,16-23,26-33H,2,15,24-25H2,1H3/q+1. The quantitative estimate of drug-likeness (QED) is 0.0960. The van der Waals surface area contributed by atoms with Crippen molar-refractivity contribution < 1.29 is 0 Å². The molecule has 1 aliphatic heterocycles. The molecule has 0 saturated heterocycles. The largest absolute Gasteiger partial charge is 0.239 e. The second-order valence-corrected chi connectivity index (χ2v) is 18.9. The van der Waals surface area contributed by atoms with Gasteiger partial charge in [-0.05, 0) is 94.8 Å². The Morgan fingerprint density at radius 3 is 1.75 bits per heavy atom. The van der Waals surface area contributed by atoms with Crippen LogP contribution in [-0.4, -0.2) is 16.0 Å². The Labute approximate surface area is 345 Å². The third kappa shape index (κ3) is 9.66. The summed E-state index contributed by atoms with van der Waals surface area (Å²) >= 11 is 8.90. The smallest absolute Gasteiger partial charge is 0.131 e. The van der Waals surface area contributed by atoms with Gasteiger partial charge in [0.1, 0.15) is 0 Å². The number of hydrogen-bond donors (Lipinski definition) is 0. The molecule has 0 saturated carbocycles. The van der Waals surface area contributed by atoms with Crippen LogP contribution in [-0.2, 0) is 0 Å². The Kier molecular flexibility index (Phi) is 12.5. The highest BCUT2D eigenvalue weighted by atomic mass is 32.2. The summed E-state index contributed by atoms with van der Waals surface area (Å²) in [6.45, 7) is 2.16. The van der Waals surface area contributed by atoms with Crippen LogP contribution in [0.2, 0.25) is 0 Å². The van der Waals surface area contributed by atoms with Crippen LogP contribution in [0.25, 0.3) is 36.8 Å². The lowest BCUT2D eigenvalue weighted by atomic mass is 9.93. The van der Waals surface area contributed by atoms with E-state index in [4.69, 9.17) is 0 Å². The molecule has 0 N–H and O–H groups in total. The summed E-state index contributed by atoms with van der Waals surface area (Å²) in [6, 6.07) is 47.5. The lowest BCUT2D eigenvalue weighted by Gasteiger charge is -2.21. The van der Waals surface area contributed by atoms with Crippen LogP contribution in [0.5, 0.6) is 0 Å². The molecule has 0 radical (unpaired) electrons. The average molecular weight is 804 g/mol. The van der Waals surface area contributed by atoms with Crippen molar-refractivity contribution in [3.63, 3.8) is 0 Å². The summed E-state index contributed by atoms with van der Waals surface area (Å²) in [6.07, 6.45) is 17.1. The molecule has 1 aliphatic carbocycles. The SMILES string of the molecule is CCSc1nnc(SC2=C(/C=C/c3cc(-c4ccccc4)[s+]c(-c4ccccc4)c3)CCC/C2=C\C=C2C=C(c3ccccc3)SC(c3ccccc3)=C2)s1. The summed E-state index contributed by atoms with van der Waals surface area (Å²) in [7, 11) is 0. The highest BCUT2D eigenvalue weighted by molar-refractivity contribution is 8.16. The normalized spacial score (nSPS) is 15.4. The first kappa shape index (κ1) is 37.4. The van der Waals surface area contributed by atoms with Gasteiger partial charge < -0.3 is 0 Å². The number of allylic oxidation sites excluding steroid dienone is 8. The van der Waals surface area contributed by atoms with Gasteiger partial charge in [0, 0.05) is 38.0 Å². The molecule has 2 aromatic heterocycles. The Hall–Kier alpha value is -4.50. The van der Waals surface area contributed by atoms with Crippen molar-refractivity contribution in [1.29, 1.82) is 0 Å². The van der Waals surface area contributed by atoms with Crippen molar-refractivity contribution in [2.24, 2.45) is 0 Å². The summed E-state index contributed by atoms with van der Waals surface area (Å²) < 4.78 is 2.01. The molecule has 55 heavy (non-hydrogen) atoms. The van der Waals surface area contributed by atoms with Crippen LogP contribution < -0.4 is 0 Å². The highest BCUT2D eigenvalue weighted by Crippen LogP contribution is 2.46. The van der Waals surface area contributed by atoms with E-state index in [0.717, 1.165) is 33.7 Å². The molecule has 2 aliphatic rings. The van der Waals surface area contributed by atoms with E-state index >= 15 is 0 Å². The number of aromatic nitrogens is 2. The first-order valence-electron chi connectivity index (χ1n) is 18.5. The lowest BCUT2D eigenvalue weighted by molar-refractivity contribution is 0.793. The lowest BCUT2D eigenvalue weighted by Crippen LogP contribution is -2.00. The van der Waals surface area contributed by atoms with Crippen molar-refractivity contribution in [1.82, 2.24) is 10.2 Å². The third-order valence-electron chi connectivity index (χ3n) is 9.14. The van der Waals surface area contributed by atoms with E-state index in [9.17, 15) is 0 Å².